The number of urea groups is 1. The first kappa shape index (κ1) is 17.7. The van der Waals surface area contributed by atoms with E-state index in [4.69, 9.17) is 0 Å². The number of aliphatic carboxylic acids is 1. The predicted octanol–water partition coefficient (Wildman–Crippen LogP) is 2.98. The van der Waals surface area contributed by atoms with Gasteiger partial charge in [-0.05, 0) is 39.3 Å². The van der Waals surface area contributed by atoms with E-state index in [0.29, 0.717) is 13.0 Å². The van der Waals surface area contributed by atoms with Gasteiger partial charge in [0.15, 0.2) is 0 Å². The van der Waals surface area contributed by atoms with Gasteiger partial charge in [0.25, 0.3) is 0 Å². The maximum atomic E-state index is 12.2. The van der Waals surface area contributed by atoms with Crippen LogP contribution in [0.25, 0.3) is 0 Å². The smallest absolute Gasteiger partial charge is 0.317 e. The molecule has 2 atom stereocenters. The van der Waals surface area contributed by atoms with Crippen LogP contribution in [0.2, 0.25) is 0 Å². The first-order valence-electron chi connectivity index (χ1n) is 7.78. The summed E-state index contributed by atoms with van der Waals surface area (Å²) in [5.74, 6) is -0.0606. The highest BCUT2D eigenvalue weighted by atomic mass is 32.2. The Morgan fingerprint density at radius 1 is 1.39 bits per heavy atom. The van der Waals surface area contributed by atoms with E-state index in [0.717, 1.165) is 5.75 Å². The second-order valence-corrected chi connectivity index (χ2v) is 7.61. The van der Waals surface area contributed by atoms with Crippen molar-refractivity contribution in [2.45, 2.75) is 38.1 Å². The van der Waals surface area contributed by atoms with Crippen LogP contribution in [0, 0.1) is 12.3 Å². The van der Waals surface area contributed by atoms with Gasteiger partial charge < -0.3 is 15.3 Å². The molecule has 23 heavy (non-hydrogen) atoms. The number of likely N-dealkylation sites (tertiary alicyclic amines) is 1. The summed E-state index contributed by atoms with van der Waals surface area (Å²) in [5.41, 5.74) is 0.406. The molecule has 2 rings (SSSR count). The minimum absolute atomic E-state index is 0.0190. The van der Waals surface area contributed by atoms with Crippen LogP contribution in [0.15, 0.2) is 29.2 Å². The zero-order chi connectivity index (χ0) is 17.0. The fourth-order valence-electron chi connectivity index (χ4n) is 2.51. The van der Waals surface area contributed by atoms with Crippen LogP contribution >= 0.6 is 11.8 Å². The Balaban J connectivity index is 1.79. The SMILES string of the molecule is Cc1ccc(SCC(C)NC(=O)N2CCC(C)(C(=O)O)C2)cc1. The summed E-state index contributed by atoms with van der Waals surface area (Å²) in [5, 5.41) is 12.2. The quantitative estimate of drug-likeness (QED) is 0.811. The molecule has 0 saturated carbocycles. The summed E-state index contributed by atoms with van der Waals surface area (Å²) < 4.78 is 0. The molecule has 1 fully saturated rings. The van der Waals surface area contributed by atoms with Crippen molar-refractivity contribution in [3.8, 4) is 0 Å². The number of rotatable bonds is 5. The van der Waals surface area contributed by atoms with Crippen LogP contribution in [-0.4, -0.2) is 46.9 Å². The summed E-state index contributed by atoms with van der Waals surface area (Å²) in [6.45, 7) is 6.47. The maximum absolute atomic E-state index is 12.2. The number of carbonyl (C=O) groups is 2. The molecule has 126 valence electrons. The Bertz CT molecular complexity index is 576. The topological polar surface area (TPSA) is 69.6 Å². The van der Waals surface area contributed by atoms with Gasteiger partial charge in [-0.2, -0.15) is 0 Å². The van der Waals surface area contributed by atoms with E-state index in [1.54, 1.807) is 23.6 Å². The number of carbonyl (C=O) groups excluding carboxylic acids is 1. The molecule has 2 N–H and O–H groups in total. The molecule has 1 aromatic carbocycles. The van der Waals surface area contributed by atoms with Crippen LogP contribution in [0.4, 0.5) is 4.79 Å². The zero-order valence-electron chi connectivity index (χ0n) is 13.8. The lowest BCUT2D eigenvalue weighted by Gasteiger charge is -2.22. The number of thioether (sulfide) groups is 1. The number of nitrogens with zero attached hydrogens (tertiary/aromatic N) is 1. The molecular formula is C17H24N2O3S. The summed E-state index contributed by atoms with van der Waals surface area (Å²) >= 11 is 1.70. The number of benzene rings is 1. The van der Waals surface area contributed by atoms with Gasteiger partial charge >= 0.3 is 12.0 Å². The number of aryl methyl sites for hydroxylation is 1. The van der Waals surface area contributed by atoms with E-state index in [1.807, 2.05) is 6.92 Å². The van der Waals surface area contributed by atoms with Gasteiger partial charge in [0.05, 0.1) is 5.41 Å². The van der Waals surface area contributed by atoms with E-state index in [2.05, 4.69) is 36.5 Å². The molecule has 2 amide bonds. The Labute approximate surface area is 141 Å². The summed E-state index contributed by atoms with van der Waals surface area (Å²) in [6, 6.07) is 8.14. The molecule has 0 bridgehead atoms. The molecule has 1 aliphatic heterocycles. The maximum Gasteiger partial charge on any atom is 0.317 e. The normalized spacial score (nSPS) is 22.0. The summed E-state index contributed by atoms with van der Waals surface area (Å²) in [7, 11) is 0. The molecule has 1 aliphatic rings. The molecule has 2 unspecified atom stereocenters. The molecule has 0 spiro atoms. The van der Waals surface area contributed by atoms with Crippen molar-refractivity contribution in [2.75, 3.05) is 18.8 Å². The average molecular weight is 336 g/mol. The molecule has 6 heteroatoms. The lowest BCUT2D eigenvalue weighted by molar-refractivity contribution is -0.146. The molecule has 0 aliphatic carbocycles. The highest BCUT2D eigenvalue weighted by molar-refractivity contribution is 7.99. The highest BCUT2D eigenvalue weighted by Gasteiger charge is 2.42. The molecule has 1 heterocycles. The standard InChI is InChI=1S/C17H24N2O3S/c1-12-4-6-14(7-5-12)23-10-13(2)18-16(22)19-9-8-17(3,11-19)15(20)21/h4-7,13H,8-11H2,1-3H3,(H,18,22)(H,20,21). The van der Waals surface area contributed by atoms with Gasteiger partial charge in [0.1, 0.15) is 0 Å². The van der Waals surface area contributed by atoms with Gasteiger partial charge in [-0.1, -0.05) is 17.7 Å². The van der Waals surface area contributed by atoms with Gasteiger partial charge in [-0.15, -0.1) is 11.8 Å². The number of hydrogen-bond acceptors (Lipinski definition) is 3. The monoisotopic (exact) mass is 336 g/mol. The lowest BCUT2D eigenvalue weighted by atomic mass is 9.90. The van der Waals surface area contributed by atoms with Crippen molar-refractivity contribution < 1.29 is 14.7 Å². The number of carboxylic acids is 1. The Kier molecular flexibility index (Phi) is 5.57. The third-order valence-corrected chi connectivity index (χ3v) is 5.44. The van der Waals surface area contributed by atoms with Gasteiger partial charge in [0.2, 0.25) is 0 Å². The van der Waals surface area contributed by atoms with Crippen LogP contribution < -0.4 is 5.32 Å². The molecule has 5 nitrogen and oxygen atoms in total. The van der Waals surface area contributed by atoms with Gasteiger partial charge in [-0.3, -0.25) is 4.79 Å². The Morgan fingerprint density at radius 3 is 2.61 bits per heavy atom. The fourth-order valence-corrected chi connectivity index (χ4v) is 3.36. The first-order chi connectivity index (χ1) is 10.8. The minimum Gasteiger partial charge on any atom is -0.481 e. The van der Waals surface area contributed by atoms with Crippen LogP contribution in [0.1, 0.15) is 25.8 Å². The van der Waals surface area contributed by atoms with Gasteiger partial charge in [-0.25, -0.2) is 4.79 Å². The van der Waals surface area contributed by atoms with Crippen molar-refractivity contribution >= 4 is 23.8 Å². The zero-order valence-corrected chi connectivity index (χ0v) is 14.7. The second-order valence-electron chi connectivity index (χ2n) is 6.51. The number of amides is 2. The van der Waals surface area contributed by atoms with E-state index >= 15 is 0 Å². The molecule has 1 aromatic rings. The highest BCUT2D eigenvalue weighted by Crippen LogP contribution is 2.30. The van der Waals surface area contributed by atoms with E-state index in [1.165, 1.54) is 10.5 Å². The van der Waals surface area contributed by atoms with E-state index < -0.39 is 11.4 Å². The van der Waals surface area contributed by atoms with Gasteiger partial charge in [0, 0.05) is 29.8 Å². The third-order valence-electron chi connectivity index (χ3n) is 4.17. The average Bonchev–Trinajstić information content (AvgIpc) is 2.91. The summed E-state index contributed by atoms with van der Waals surface area (Å²) in [6.07, 6.45) is 0.502. The Hall–Kier alpha value is -1.69. The number of carboxylic acid groups (broad SMARTS) is 1. The minimum atomic E-state index is -0.837. The van der Waals surface area contributed by atoms with Crippen molar-refractivity contribution in [2.24, 2.45) is 5.41 Å². The lowest BCUT2D eigenvalue weighted by Crippen LogP contribution is -2.45. The predicted molar refractivity (Wildman–Crippen MR) is 91.8 cm³/mol. The molecule has 0 radical (unpaired) electrons. The van der Waals surface area contributed by atoms with Crippen LogP contribution in [-0.2, 0) is 4.79 Å². The van der Waals surface area contributed by atoms with Crippen molar-refractivity contribution in [3.63, 3.8) is 0 Å². The Morgan fingerprint density at radius 2 is 2.04 bits per heavy atom. The van der Waals surface area contributed by atoms with Crippen molar-refractivity contribution in [1.29, 1.82) is 0 Å². The molecular weight excluding hydrogens is 312 g/mol. The molecule has 1 saturated heterocycles. The summed E-state index contributed by atoms with van der Waals surface area (Å²) in [4.78, 5) is 26.2. The van der Waals surface area contributed by atoms with Crippen molar-refractivity contribution in [3.05, 3.63) is 29.8 Å². The van der Waals surface area contributed by atoms with Crippen molar-refractivity contribution in [1.82, 2.24) is 10.2 Å². The largest absolute Gasteiger partial charge is 0.481 e. The van der Waals surface area contributed by atoms with E-state index in [9.17, 15) is 14.7 Å². The second kappa shape index (κ2) is 7.25. The molecule has 0 aromatic heterocycles. The third kappa shape index (κ3) is 4.64. The fraction of sp³-hybridized carbons (Fsp3) is 0.529. The first-order valence-corrected chi connectivity index (χ1v) is 8.77. The number of hydrogen-bond donors (Lipinski definition) is 2. The van der Waals surface area contributed by atoms with Crippen LogP contribution in [0.3, 0.4) is 0 Å². The van der Waals surface area contributed by atoms with Crippen LogP contribution in [0.5, 0.6) is 0 Å². The number of nitrogens with one attached hydrogen (secondary N) is 1. The van der Waals surface area contributed by atoms with E-state index in [-0.39, 0.29) is 18.6 Å².